The van der Waals surface area contributed by atoms with Crippen molar-refractivity contribution in [1.29, 1.82) is 0 Å². The molecule has 0 radical (unpaired) electrons. The van der Waals surface area contributed by atoms with Gasteiger partial charge in [-0.1, -0.05) is 5.92 Å². The van der Waals surface area contributed by atoms with E-state index in [1.165, 1.54) is 0 Å². The molecule has 0 aliphatic heterocycles. The maximum atomic E-state index is 5.09. The summed E-state index contributed by atoms with van der Waals surface area (Å²) in [5.41, 5.74) is 0. The summed E-state index contributed by atoms with van der Waals surface area (Å²) in [6.07, 6.45) is 6.61. The molecule has 0 atom stereocenters. The number of nitrogens with zero attached hydrogens (tertiary/aromatic N) is 1. The summed E-state index contributed by atoms with van der Waals surface area (Å²) >= 11 is 3.21. The Bertz CT molecular complexity index is 262. The Morgan fingerprint density at radius 3 is 3.00 bits per heavy atom. The Hall–Kier alpha value is -1.01. The van der Waals surface area contributed by atoms with Crippen LogP contribution < -0.4 is 4.74 Å². The lowest BCUT2D eigenvalue weighted by atomic mass is 10.5. The van der Waals surface area contributed by atoms with Crippen LogP contribution in [0.3, 0.4) is 0 Å². The van der Waals surface area contributed by atoms with Crippen LogP contribution in [0.15, 0.2) is 22.9 Å². The average Bonchev–Trinajstić information content (AvgIpc) is 2.04. The van der Waals surface area contributed by atoms with Gasteiger partial charge >= 0.3 is 0 Å². The van der Waals surface area contributed by atoms with Gasteiger partial charge in [-0.05, 0) is 28.1 Å². The topological polar surface area (TPSA) is 22.1 Å². The van der Waals surface area contributed by atoms with Crippen molar-refractivity contribution in [1.82, 2.24) is 4.98 Å². The van der Waals surface area contributed by atoms with Crippen molar-refractivity contribution in [2.75, 3.05) is 6.61 Å². The second-order valence-electron chi connectivity index (χ2n) is 1.81. The Balaban J connectivity index is 2.60. The number of hydrogen-bond donors (Lipinski definition) is 0. The second-order valence-corrected chi connectivity index (χ2v) is 2.62. The molecular weight excluding hydrogens is 206 g/mol. The molecule has 56 valence electrons. The summed E-state index contributed by atoms with van der Waals surface area (Å²) in [4.78, 5) is 3.96. The summed E-state index contributed by atoms with van der Waals surface area (Å²) in [6.45, 7) is 0.281. The molecule has 2 nitrogen and oxygen atoms in total. The van der Waals surface area contributed by atoms with E-state index in [9.17, 15) is 0 Å². The highest BCUT2D eigenvalue weighted by Crippen LogP contribution is 2.11. The van der Waals surface area contributed by atoms with Crippen LogP contribution in [0.5, 0.6) is 5.75 Å². The largest absolute Gasteiger partial charge is 0.479 e. The van der Waals surface area contributed by atoms with Crippen LogP contribution >= 0.6 is 15.9 Å². The Morgan fingerprint density at radius 2 is 2.45 bits per heavy atom. The van der Waals surface area contributed by atoms with Gasteiger partial charge < -0.3 is 4.74 Å². The first-order valence-corrected chi connectivity index (χ1v) is 3.80. The van der Waals surface area contributed by atoms with Crippen LogP contribution in [-0.2, 0) is 0 Å². The van der Waals surface area contributed by atoms with Crippen molar-refractivity contribution in [3.05, 3.63) is 22.9 Å². The van der Waals surface area contributed by atoms with Crippen LogP contribution in [0.2, 0.25) is 0 Å². The third-order valence-electron chi connectivity index (χ3n) is 1.02. The fourth-order valence-electron chi connectivity index (χ4n) is 0.573. The maximum Gasteiger partial charge on any atom is 0.148 e. The third-order valence-corrected chi connectivity index (χ3v) is 1.49. The smallest absolute Gasteiger partial charge is 0.148 e. The van der Waals surface area contributed by atoms with E-state index in [-0.39, 0.29) is 6.61 Å². The van der Waals surface area contributed by atoms with Gasteiger partial charge in [-0.2, -0.15) is 0 Å². The minimum absolute atomic E-state index is 0.281. The first-order valence-electron chi connectivity index (χ1n) is 3.01. The van der Waals surface area contributed by atoms with Gasteiger partial charge in [0.15, 0.2) is 0 Å². The first-order chi connectivity index (χ1) is 5.33. The van der Waals surface area contributed by atoms with Crippen molar-refractivity contribution >= 4 is 15.9 Å². The lowest BCUT2D eigenvalue weighted by molar-refractivity contribution is 0.368. The zero-order valence-electron chi connectivity index (χ0n) is 5.75. The van der Waals surface area contributed by atoms with E-state index >= 15 is 0 Å². The minimum Gasteiger partial charge on any atom is -0.479 e. The van der Waals surface area contributed by atoms with E-state index in [1.807, 2.05) is 0 Å². The number of hydrogen-bond acceptors (Lipinski definition) is 2. The molecule has 0 aliphatic rings. The van der Waals surface area contributed by atoms with Crippen molar-refractivity contribution in [2.24, 2.45) is 0 Å². The number of aromatic nitrogens is 1. The van der Waals surface area contributed by atoms with E-state index in [0.717, 1.165) is 4.60 Å². The van der Waals surface area contributed by atoms with Crippen molar-refractivity contribution in [3.63, 3.8) is 0 Å². The van der Waals surface area contributed by atoms with Crippen LogP contribution in [-0.4, -0.2) is 11.6 Å². The molecule has 1 aromatic heterocycles. The molecule has 1 rings (SSSR count). The highest BCUT2D eigenvalue weighted by Gasteiger charge is 1.91. The molecule has 0 unspecified atom stereocenters. The second kappa shape index (κ2) is 3.99. The summed E-state index contributed by atoms with van der Waals surface area (Å²) in [5, 5.41) is 0. The molecule has 0 fully saturated rings. The molecule has 1 heterocycles. The quantitative estimate of drug-likeness (QED) is 0.551. The monoisotopic (exact) mass is 211 g/mol. The van der Waals surface area contributed by atoms with Crippen molar-refractivity contribution in [3.8, 4) is 18.1 Å². The lowest BCUT2D eigenvalue weighted by Crippen LogP contribution is -1.93. The van der Waals surface area contributed by atoms with Crippen molar-refractivity contribution in [2.45, 2.75) is 0 Å². The minimum atomic E-state index is 0.281. The van der Waals surface area contributed by atoms with Gasteiger partial charge in [0.25, 0.3) is 0 Å². The standard InChI is InChI=1S/C8H6BrNO/c1-2-5-11-7-3-4-8(9)10-6-7/h1,3-4,6H,5H2. The van der Waals surface area contributed by atoms with Gasteiger partial charge in [-0.25, -0.2) is 4.98 Å². The highest BCUT2D eigenvalue weighted by molar-refractivity contribution is 9.10. The SMILES string of the molecule is C#CCOc1ccc(Br)nc1. The lowest BCUT2D eigenvalue weighted by Gasteiger charge is -1.99. The van der Waals surface area contributed by atoms with Gasteiger partial charge in [-0.3, -0.25) is 0 Å². The van der Waals surface area contributed by atoms with E-state index in [1.54, 1.807) is 18.3 Å². The Labute approximate surface area is 73.7 Å². The number of ether oxygens (including phenoxy) is 1. The highest BCUT2D eigenvalue weighted by atomic mass is 79.9. The summed E-state index contributed by atoms with van der Waals surface area (Å²) < 4.78 is 5.87. The summed E-state index contributed by atoms with van der Waals surface area (Å²) in [6, 6.07) is 3.60. The van der Waals surface area contributed by atoms with Gasteiger partial charge in [-0.15, -0.1) is 6.42 Å². The number of halogens is 1. The van der Waals surface area contributed by atoms with Crippen LogP contribution in [0.25, 0.3) is 0 Å². The Morgan fingerprint density at radius 1 is 1.64 bits per heavy atom. The zero-order chi connectivity index (χ0) is 8.10. The molecule has 11 heavy (non-hydrogen) atoms. The summed E-state index contributed by atoms with van der Waals surface area (Å²) in [5.74, 6) is 3.06. The van der Waals surface area contributed by atoms with Crippen LogP contribution in [0.4, 0.5) is 0 Å². The predicted octanol–water partition coefficient (Wildman–Crippen LogP) is 1.86. The molecule has 0 amide bonds. The number of terminal acetylenes is 1. The molecular formula is C8H6BrNO. The first kappa shape index (κ1) is 8.09. The van der Waals surface area contributed by atoms with E-state index in [4.69, 9.17) is 11.2 Å². The third kappa shape index (κ3) is 2.60. The molecule has 3 heteroatoms. The predicted molar refractivity (Wildman–Crippen MR) is 46.3 cm³/mol. The van der Waals surface area contributed by atoms with Gasteiger partial charge in [0.1, 0.15) is 17.0 Å². The van der Waals surface area contributed by atoms with E-state index in [0.29, 0.717) is 5.75 Å². The van der Waals surface area contributed by atoms with Crippen LogP contribution in [0.1, 0.15) is 0 Å². The van der Waals surface area contributed by atoms with E-state index < -0.39 is 0 Å². The van der Waals surface area contributed by atoms with Gasteiger partial charge in [0.2, 0.25) is 0 Å². The van der Waals surface area contributed by atoms with Crippen molar-refractivity contribution < 1.29 is 4.74 Å². The molecule has 0 spiro atoms. The van der Waals surface area contributed by atoms with E-state index in [2.05, 4.69) is 26.8 Å². The van der Waals surface area contributed by atoms with Gasteiger partial charge in [0, 0.05) is 0 Å². The average molecular weight is 212 g/mol. The molecule has 0 N–H and O–H groups in total. The molecule has 0 saturated carbocycles. The normalized spacial score (nSPS) is 8.73. The zero-order valence-corrected chi connectivity index (χ0v) is 7.34. The Kier molecular flexibility index (Phi) is 2.94. The molecule has 0 bridgehead atoms. The molecule has 0 aliphatic carbocycles. The number of pyridine rings is 1. The maximum absolute atomic E-state index is 5.09. The van der Waals surface area contributed by atoms with Crippen LogP contribution in [0, 0.1) is 12.3 Å². The molecule has 1 aromatic rings. The van der Waals surface area contributed by atoms with Gasteiger partial charge in [0.05, 0.1) is 6.20 Å². The molecule has 0 aromatic carbocycles. The number of rotatable bonds is 2. The fourth-order valence-corrected chi connectivity index (χ4v) is 0.807. The molecule has 0 saturated heterocycles. The summed E-state index contributed by atoms with van der Waals surface area (Å²) in [7, 11) is 0. The fraction of sp³-hybridized carbons (Fsp3) is 0.125.